The van der Waals surface area contributed by atoms with Crippen molar-refractivity contribution < 1.29 is 44.0 Å². The number of ether oxygens (including phenoxy) is 1. The molecule has 13 nitrogen and oxygen atoms in total. The Balaban J connectivity index is 1.03. The van der Waals surface area contributed by atoms with E-state index in [1.54, 1.807) is 6.07 Å². The van der Waals surface area contributed by atoms with Crippen molar-refractivity contribution in [1.29, 1.82) is 0 Å². The number of aliphatic hydroxyl groups excluding tert-OH is 2. The number of imide groups is 1. The minimum atomic E-state index is -1.64. The van der Waals surface area contributed by atoms with Gasteiger partial charge < -0.3 is 36.0 Å². The number of carbonyl (C=O) groups excluding carboxylic acids is 5. The standard InChI is InChI=1S/C37H34N4O9S/c1-20(42)36-26-9-5-2-3-6-10-27(44)37(36,50-36)24-18-25(43)30-31(32(24)40-26)33(47)22-13-12-21(17-23(22)34(30)48)38-14-15-39-28(45)11-7-4-8-16-41-29(46)19-51-35(41)49/h2-3,12-13,17-18,20,26-27,38,40,42-44H,4,7-8,11,14-16,19H2,1H3,(H,39,45)/b3-2-/t20-,26+,27-,36+,37+/m1/s1. The van der Waals surface area contributed by atoms with Gasteiger partial charge in [0.25, 0.3) is 5.24 Å². The van der Waals surface area contributed by atoms with Gasteiger partial charge in [-0.15, -0.1) is 0 Å². The van der Waals surface area contributed by atoms with E-state index in [-0.39, 0.29) is 56.3 Å². The van der Waals surface area contributed by atoms with Gasteiger partial charge in [-0.2, -0.15) is 0 Å². The second kappa shape index (κ2) is 13.2. The van der Waals surface area contributed by atoms with Crippen molar-refractivity contribution in [3.8, 4) is 29.4 Å². The number of hydrogen-bond donors (Lipinski definition) is 6. The number of phenolic OH excluding ortho intramolecular Hbond substituents is 1. The molecule has 0 aromatic heterocycles. The Kier molecular flexibility index (Phi) is 8.89. The molecule has 5 atom stereocenters. The highest BCUT2D eigenvalue weighted by atomic mass is 32.2. The van der Waals surface area contributed by atoms with Crippen LogP contribution in [0.15, 0.2) is 36.4 Å². The number of aliphatic hydroxyl groups is 2. The van der Waals surface area contributed by atoms with E-state index in [0.29, 0.717) is 51.0 Å². The third-order valence-electron chi connectivity index (χ3n) is 9.86. The number of phenols is 1. The molecular formula is C37H34N4O9S. The van der Waals surface area contributed by atoms with Gasteiger partial charge in [0, 0.05) is 48.4 Å². The Morgan fingerprint density at radius 2 is 1.82 bits per heavy atom. The maximum Gasteiger partial charge on any atom is 0.288 e. The highest BCUT2D eigenvalue weighted by Gasteiger charge is 2.82. The van der Waals surface area contributed by atoms with Crippen LogP contribution in [0, 0.1) is 23.7 Å². The molecule has 2 saturated heterocycles. The minimum Gasteiger partial charge on any atom is -0.507 e. The summed E-state index contributed by atoms with van der Waals surface area (Å²) in [5.74, 6) is 9.54. The van der Waals surface area contributed by atoms with Crippen LogP contribution in [0.3, 0.4) is 0 Å². The zero-order valence-corrected chi connectivity index (χ0v) is 28.3. The second-order valence-electron chi connectivity index (χ2n) is 12.9. The molecule has 7 rings (SSSR count). The van der Waals surface area contributed by atoms with Crippen LogP contribution in [-0.2, 0) is 19.9 Å². The van der Waals surface area contributed by atoms with Crippen LogP contribution >= 0.6 is 11.8 Å². The number of rotatable bonds is 11. The van der Waals surface area contributed by atoms with E-state index < -0.39 is 46.8 Å². The number of unbranched alkanes of at least 4 members (excludes halogenated alkanes) is 2. The summed E-state index contributed by atoms with van der Waals surface area (Å²) in [6.07, 6.45) is 2.61. The predicted molar refractivity (Wildman–Crippen MR) is 186 cm³/mol. The Hall–Kier alpha value is -5.12. The summed E-state index contributed by atoms with van der Waals surface area (Å²) in [6, 6.07) is 5.05. The number of thioether (sulfide) groups is 1. The lowest BCUT2D eigenvalue weighted by Gasteiger charge is -2.37. The van der Waals surface area contributed by atoms with E-state index >= 15 is 0 Å². The average Bonchev–Trinajstić information content (AvgIpc) is 3.76. The van der Waals surface area contributed by atoms with Gasteiger partial charge in [-0.25, -0.2) is 0 Å². The highest BCUT2D eigenvalue weighted by molar-refractivity contribution is 8.14. The van der Waals surface area contributed by atoms with Crippen LogP contribution in [0.2, 0.25) is 0 Å². The molecule has 14 heteroatoms. The molecule has 5 aliphatic rings. The normalized spacial score (nSPS) is 26.1. The first-order valence-corrected chi connectivity index (χ1v) is 17.6. The molecule has 262 valence electrons. The number of anilines is 2. The Bertz CT molecular complexity index is 2040. The number of aromatic hydroxyl groups is 1. The Morgan fingerprint density at radius 3 is 2.57 bits per heavy atom. The first-order valence-electron chi connectivity index (χ1n) is 16.6. The van der Waals surface area contributed by atoms with Gasteiger partial charge in [0.2, 0.25) is 11.8 Å². The van der Waals surface area contributed by atoms with Crippen molar-refractivity contribution in [2.45, 2.75) is 62.1 Å². The third kappa shape index (κ3) is 5.56. The fourth-order valence-corrected chi connectivity index (χ4v) is 8.13. The van der Waals surface area contributed by atoms with Crippen molar-refractivity contribution in [2.24, 2.45) is 0 Å². The van der Waals surface area contributed by atoms with Gasteiger partial charge in [0.15, 0.2) is 28.9 Å². The zero-order chi connectivity index (χ0) is 36.1. The van der Waals surface area contributed by atoms with E-state index in [1.165, 1.54) is 42.2 Å². The minimum absolute atomic E-state index is 0.0843. The van der Waals surface area contributed by atoms with Crippen molar-refractivity contribution >= 4 is 51.8 Å². The number of fused-ring (bicyclic) bond motifs is 4. The molecule has 3 aliphatic heterocycles. The van der Waals surface area contributed by atoms with E-state index in [0.717, 1.165) is 11.8 Å². The number of carbonyl (C=O) groups is 5. The summed E-state index contributed by atoms with van der Waals surface area (Å²) in [5, 5.41) is 42.5. The van der Waals surface area contributed by atoms with Crippen LogP contribution in [0.1, 0.15) is 70.0 Å². The lowest BCUT2D eigenvalue weighted by Crippen LogP contribution is -2.54. The van der Waals surface area contributed by atoms with Crippen LogP contribution in [0.25, 0.3) is 0 Å². The fourth-order valence-electron chi connectivity index (χ4n) is 7.38. The predicted octanol–water partition coefficient (Wildman–Crippen LogP) is 2.03. The number of hydrogen-bond acceptors (Lipinski definition) is 12. The zero-order valence-electron chi connectivity index (χ0n) is 27.5. The quantitative estimate of drug-likeness (QED) is 0.0734. The van der Waals surface area contributed by atoms with Crippen LogP contribution < -0.4 is 16.0 Å². The molecule has 0 spiro atoms. The molecule has 2 fully saturated rings. The van der Waals surface area contributed by atoms with E-state index in [1.807, 2.05) is 0 Å². The molecule has 2 bridgehead atoms. The number of epoxide rings is 1. The maximum absolute atomic E-state index is 14.1. The average molecular weight is 711 g/mol. The molecule has 0 saturated carbocycles. The van der Waals surface area contributed by atoms with Gasteiger partial charge in [0.1, 0.15) is 11.8 Å². The molecule has 6 N–H and O–H groups in total. The molecule has 2 aromatic carbocycles. The third-order valence-corrected chi connectivity index (χ3v) is 10.7. The number of nitrogens with one attached hydrogen (secondary N) is 3. The monoisotopic (exact) mass is 710 g/mol. The first kappa shape index (κ1) is 34.3. The largest absolute Gasteiger partial charge is 0.507 e. The topological polar surface area (TPSA) is 198 Å². The SMILES string of the molecule is C[C@@H](O)[C@@]12O[C@]13c1cc(O)c4c(c1N[C@H]2C#C/C=C\C#C[C@H]3O)C(=O)c1ccc(NCCNC(=O)CCCCCN2C(=O)CSC2=O)cc1C4=O. The number of nitrogens with zero attached hydrogens (tertiary/aromatic N) is 1. The van der Waals surface area contributed by atoms with Crippen LogP contribution in [-0.4, -0.2) is 98.1 Å². The van der Waals surface area contributed by atoms with Gasteiger partial charge >= 0.3 is 0 Å². The molecule has 3 heterocycles. The molecule has 2 aliphatic carbocycles. The smallest absolute Gasteiger partial charge is 0.288 e. The van der Waals surface area contributed by atoms with Crippen molar-refractivity contribution in [2.75, 3.05) is 36.0 Å². The van der Waals surface area contributed by atoms with Gasteiger partial charge in [0.05, 0.1) is 28.7 Å². The number of ketones is 2. The van der Waals surface area contributed by atoms with Gasteiger partial charge in [-0.05, 0) is 56.2 Å². The van der Waals surface area contributed by atoms with Crippen LogP contribution in [0.5, 0.6) is 5.75 Å². The summed E-state index contributed by atoms with van der Waals surface area (Å²) < 4.78 is 6.20. The molecule has 3 amide bonds. The second-order valence-corrected chi connectivity index (χ2v) is 13.8. The highest BCUT2D eigenvalue weighted by Crippen LogP contribution is 2.67. The summed E-state index contributed by atoms with van der Waals surface area (Å²) in [4.78, 5) is 64.9. The molecule has 0 radical (unpaired) electrons. The summed E-state index contributed by atoms with van der Waals surface area (Å²) in [6.45, 7) is 2.50. The maximum atomic E-state index is 14.1. The van der Waals surface area contributed by atoms with E-state index in [4.69, 9.17) is 4.74 Å². The summed E-state index contributed by atoms with van der Waals surface area (Å²) in [5.41, 5.74) is -2.32. The molecule has 0 unspecified atom stereocenters. The molecular weight excluding hydrogens is 676 g/mol. The van der Waals surface area contributed by atoms with E-state index in [2.05, 4.69) is 39.6 Å². The van der Waals surface area contributed by atoms with Gasteiger partial charge in [-0.3, -0.25) is 28.9 Å². The lowest BCUT2D eigenvalue weighted by molar-refractivity contribution is -0.125. The molecule has 51 heavy (non-hydrogen) atoms. The fraction of sp³-hybridized carbons (Fsp3) is 0.378. The first-order chi connectivity index (χ1) is 24.5. The van der Waals surface area contributed by atoms with Crippen molar-refractivity contribution in [1.82, 2.24) is 10.2 Å². The number of benzene rings is 2. The number of amides is 3. The lowest BCUT2D eigenvalue weighted by atomic mass is 9.69. The molecule has 2 aromatic rings. The van der Waals surface area contributed by atoms with Crippen molar-refractivity contribution in [3.63, 3.8) is 0 Å². The Morgan fingerprint density at radius 1 is 1.06 bits per heavy atom. The summed E-state index contributed by atoms with van der Waals surface area (Å²) >= 11 is 1.00. The van der Waals surface area contributed by atoms with Crippen molar-refractivity contribution in [3.05, 3.63) is 64.2 Å². The summed E-state index contributed by atoms with van der Waals surface area (Å²) in [7, 11) is 0. The number of allylic oxidation sites excluding steroid dienone is 2. The van der Waals surface area contributed by atoms with E-state index in [9.17, 15) is 39.3 Å². The van der Waals surface area contributed by atoms with Gasteiger partial charge in [-0.1, -0.05) is 41.9 Å². The van der Waals surface area contributed by atoms with Crippen LogP contribution in [0.4, 0.5) is 16.2 Å². The Labute approximate surface area is 297 Å².